The summed E-state index contributed by atoms with van der Waals surface area (Å²) >= 11 is 0. The van der Waals surface area contributed by atoms with Crippen LogP contribution in [0.15, 0.2) is 48.2 Å². The van der Waals surface area contributed by atoms with Gasteiger partial charge >= 0.3 is 12.0 Å². The van der Waals surface area contributed by atoms with Crippen LogP contribution in [0.3, 0.4) is 0 Å². The molecule has 2 heterocycles. The highest BCUT2D eigenvalue weighted by Gasteiger charge is 2.39. The minimum Gasteiger partial charge on any atom is -0.463 e. The van der Waals surface area contributed by atoms with E-state index in [0.717, 1.165) is 43.9 Å². The molecule has 168 valence electrons. The molecule has 0 aromatic heterocycles. The quantitative estimate of drug-likeness (QED) is 0.512. The van der Waals surface area contributed by atoms with Gasteiger partial charge in [-0.25, -0.2) is 9.59 Å². The van der Waals surface area contributed by atoms with E-state index in [1.54, 1.807) is 17.9 Å². The number of esters is 1. The topological polar surface area (TPSA) is 65.1 Å². The lowest BCUT2D eigenvalue weighted by atomic mass is 9.91. The van der Waals surface area contributed by atoms with Gasteiger partial charge in [-0.2, -0.15) is 0 Å². The molecule has 0 radical (unpaired) electrons. The maximum atomic E-state index is 13.2. The zero-order chi connectivity index (χ0) is 22.4. The van der Waals surface area contributed by atoms with E-state index < -0.39 is 6.04 Å². The number of nitrogens with one attached hydrogen (secondary N) is 1. The number of carbonyl (C=O) groups excluding carboxylic acids is 2. The molecule has 2 aliphatic rings. The number of hydrogen-bond donors (Lipinski definition) is 1. The molecule has 0 bridgehead atoms. The van der Waals surface area contributed by atoms with Gasteiger partial charge in [-0.15, -0.1) is 6.58 Å². The van der Waals surface area contributed by atoms with Crippen LogP contribution in [0.2, 0.25) is 0 Å². The molecule has 0 saturated carbocycles. The van der Waals surface area contributed by atoms with Gasteiger partial charge in [0.2, 0.25) is 0 Å². The first kappa shape index (κ1) is 23.0. The second kappa shape index (κ2) is 10.6. The Morgan fingerprint density at radius 2 is 1.87 bits per heavy atom. The molecular weight excluding hydrogens is 392 g/mol. The van der Waals surface area contributed by atoms with Crippen molar-refractivity contribution in [2.75, 3.05) is 52.4 Å². The molecule has 0 unspecified atom stereocenters. The summed E-state index contributed by atoms with van der Waals surface area (Å²) in [5, 5.41) is 3.03. The lowest BCUT2D eigenvalue weighted by molar-refractivity contribution is -0.139. The first-order valence-electron chi connectivity index (χ1n) is 11.1. The molecule has 31 heavy (non-hydrogen) atoms. The number of ether oxygens (including phenoxy) is 1. The van der Waals surface area contributed by atoms with E-state index in [2.05, 4.69) is 28.6 Å². The average molecular weight is 427 g/mol. The van der Waals surface area contributed by atoms with Crippen molar-refractivity contribution in [1.82, 2.24) is 20.0 Å². The largest absolute Gasteiger partial charge is 0.463 e. The fourth-order valence-electron chi connectivity index (χ4n) is 4.26. The Hall–Kier alpha value is -2.64. The summed E-state index contributed by atoms with van der Waals surface area (Å²) in [6.07, 6.45) is 1.69. The molecule has 7 nitrogen and oxygen atoms in total. The van der Waals surface area contributed by atoms with Crippen molar-refractivity contribution in [2.24, 2.45) is 0 Å². The molecule has 0 aliphatic carbocycles. The van der Waals surface area contributed by atoms with Crippen LogP contribution in [0.25, 0.3) is 0 Å². The van der Waals surface area contributed by atoms with Crippen LogP contribution in [0.5, 0.6) is 0 Å². The van der Waals surface area contributed by atoms with Gasteiger partial charge in [0, 0.05) is 45.0 Å². The Kier molecular flexibility index (Phi) is 7.87. The monoisotopic (exact) mass is 426 g/mol. The van der Waals surface area contributed by atoms with Crippen LogP contribution in [0.4, 0.5) is 4.79 Å². The number of benzene rings is 1. The van der Waals surface area contributed by atoms with Crippen molar-refractivity contribution in [3.05, 3.63) is 59.3 Å². The third-order valence-corrected chi connectivity index (χ3v) is 6.03. The SMILES string of the molecule is C=CCN1C(=O)N[C@@H](c2ccccc2C)C(C(=O)OCC)=C1CN1CCN(CC)CC1. The number of rotatable bonds is 8. The van der Waals surface area contributed by atoms with Gasteiger partial charge in [0.25, 0.3) is 0 Å². The molecule has 0 spiro atoms. The first-order valence-corrected chi connectivity index (χ1v) is 11.1. The Bertz CT molecular complexity index is 843. The molecule has 2 aliphatic heterocycles. The fourth-order valence-corrected chi connectivity index (χ4v) is 4.26. The Balaban J connectivity index is 2.06. The Labute approximate surface area is 185 Å². The van der Waals surface area contributed by atoms with Gasteiger partial charge in [-0.1, -0.05) is 37.3 Å². The van der Waals surface area contributed by atoms with E-state index in [1.807, 2.05) is 31.2 Å². The minimum atomic E-state index is -0.541. The highest BCUT2D eigenvalue weighted by molar-refractivity contribution is 5.95. The van der Waals surface area contributed by atoms with Crippen LogP contribution in [0.1, 0.15) is 31.0 Å². The molecule has 7 heteroatoms. The Morgan fingerprint density at radius 3 is 2.48 bits per heavy atom. The highest BCUT2D eigenvalue weighted by atomic mass is 16.5. The van der Waals surface area contributed by atoms with E-state index in [9.17, 15) is 9.59 Å². The third kappa shape index (κ3) is 5.17. The number of nitrogens with zero attached hydrogens (tertiary/aromatic N) is 3. The summed E-state index contributed by atoms with van der Waals surface area (Å²) in [7, 11) is 0. The zero-order valence-electron chi connectivity index (χ0n) is 18.9. The molecule has 1 saturated heterocycles. The van der Waals surface area contributed by atoms with Crippen molar-refractivity contribution in [3.63, 3.8) is 0 Å². The van der Waals surface area contributed by atoms with Gasteiger partial charge in [0.15, 0.2) is 0 Å². The molecule has 1 atom stereocenters. The predicted molar refractivity (Wildman–Crippen MR) is 122 cm³/mol. The number of likely N-dealkylation sites (N-methyl/N-ethyl adjacent to an activating group) is 1. The van der Waals surface area contributed by atoms with E-state index >= 15 is 0 Å². The maximum absolute atomic E-state index is 13.2. The summed E-state index contributed by atoms with van der Waals surface area (Å²) in [6, 6.07) is 7.07. The molecular formula is C24H34N4O3. The smallest absolute Gasteiger partial charge is 0.338 e. The third-order valence-electron chi connectivity index (χ3n) is 6.03. The van der Waals surface area contributed by atoms with Crippen LogP contribution in [-0.2, 0) is 9.53 Å². The van der Waals surface area contributed by atoms with Crippen molar-refractivity contribution < 1.29 is 14.3 Å². The number of urea groups is 1. The second-order valence-corrected chi connectivity index (χ2v) is 7.93. The van der Waals surface area contributed by atoms with Crippen molar-refractivity contribution in [1.29, 1.82) is 0 Å². The van der Waals surface area contributed by atoms with Gasteiger partial charge < -0.3 is 15.0 Å². The van der Waals surface area contributed by atoms with Gasteiger partial charge in [-0.05, 0) is 31.5 Å². The molecule has 2 amide bonds. The number of carbonyl (C=O) groups is 2. The van der Waals surface area contributed by atoms with Gasteiger partial charge in [0.05, 0.1) is 18.2 Å². The van der Waals surface area contributed by atoms with Crippen LogP contribution < -0.4 is 5.32 Å². The highest BCUT2D eigenvalue weighted by Crippen LogP contribution is 2.33. The maximum Gasteiger partial charge on any atom is 0.338 e. The average Bonchev–Trinajstić information content (AvgIpc) is 2.77. The normalized spacial score (nSPS) is 20.5. The first-order chi connectivity index (χ1) is 15.0. The van der Waals surface area contributed by atoms with Crippen LogP contribution in [0, 0.1) is 6.92 Å². The van der Waals surface area contributed by atoms with Crippen LogP contribution >= 0.6 is 0 Å². The Morgan fingerprint density at radius 1 is 1.19 bits per heavy atom. The van der Waals surface area contributed by atoms with E-state index in [0.29, 0.717) is 24.4 Å². The van der Waals surface area contributed by atoms with Gasteiger partial charge in [0.1, 0.15) is 0 Å². The lowest BCUT2D eigenvalue weighted by Gasteiger charge is -2.40. The summed E-state index contributed by atoms with van der Waals surface area (Å²) in [5.41, 5.74) is 3.14. The van der Waals surface area contributed by atoms with E-state index in [1.165, 1.54) is 0 Å². The van der Waals surface area contributed by atoms with Crippen molar-refractivity contribution >= 4 is 12.0 Å². The second-order valence-electron chi connectivity index (χ2n) is 7.93. The summed E-state index contributed by atoms with van der Waals surface area (Å²) < 4.78 is 5.46. The standard InChI is InChI=1S/C24H34N4O3/c1-5-12-28-20(17-27-15-13-26(6-2)14-16-27)21(23(29)31-7-3)22(25-24(28)30)19-11-9-8-10-18(19)4/h5,8-11,22H,1,6-7,12-17H2,2-4H3,(H,25,30)/t22-/m0/s1. The van der Waals surface area contributed by atoms with Crippen molar-refractivity contribution in [3.8, 4) is 0 Å². The van der Waals surface area contributed by atoms with E-state index in [4.69, 9.17) is 4.74 Å². The predicted octanol–water partition coefficient (Wildman–Crippen LogP) is 2.70. The number of piperazine rings is 1. The summed E-state index contributed by atoms with van der Waals surface area (Å²) in [6.45, 7) is 15.7. The lowest BCUT2D eigenvalue weighted by Crippen LogP contribution is -2.53. The van der Waals surface area contributed by atoms with Crippen LogP contribution in [-0.4, -0.2) is 79.1 Å². The molecule has 1 N–H and O–H groups in total. The van der Waals surface area contributed by atoms with E-state index in [-0.39, 0.29) is 18.6 Å². The van der Waals surface area contributed by atoms with Gasteiger partial charge in [-0.3, -0.25) is 9.80 Å². The van der Waals surface area contributed by atoms with Crippen molar-refractivity contribution in [2.45, 2.75) is 26.8 Å². The summed E-state index contributed by atoms with van der Waals surface area (Å²) in [4.78, 5) is 32.6. The fraction of sp³-hybridized carbons (Fsp3) is 0.500. The number of aryl methyl sites for hydroxylation is 1. The molecule has 1 fully saturated rings. The molecule has 1 aromatic carbocycles. The number of hydrogen-bond acceptors (Lipinski definition) is 5. The molecule has 1 aromatic rings. The summed E-state index contributed by atoms with van der Waals surface area (Å²) in [5.74, 6) is -0.382. The number of amides is 2. The minimum absolute atomic E-state index is 0.219. The zero-order valence-corrected chi connectivity index (χ0v) is 18.9. The molecule has 3 rings (SSSR count).